The van der Waals surface area contributed by atoms with E-state index in [1.54, 1.807) is 6.92 Å². The molecule has 0 aliphatic carbocycles. The van der Waals surface area contributed by atoms with Crippen LogP contribution < -0.4 is 10.1 Å². The molecule has 0 bridgehead atoms. The number of ether oxygens (including phenoxy) is 1. The van der Waals surface area contributed by atoms with Gasteiger partial charge in [-0.15, -0.1) is 0 Å². The Morgan fingerprint density at radius 2 is 2.27 bits per heavy atom. The molecule has 0 heterocycles. The van der Waals surface area contributed by atoms with Gasteiger partial charge in [-0.3, -0.25) is 4.79 Å². The van der Waals surface area contributed by atoms with E-state index in [0.29, 0.717) is 12.1 Å². The summed E-state index contributed by atoms with van der Waals surface area (Å²) in [6, 6.07) is 2.59. The zero-order valence-electron chi connectivity index (χ0n) is 8.43. The van der Waals surface area contributed by atoms with Crippen molar-refractivity contribution in [1.29, 1.82) is 0 Å². The van der Waals surface area contributed by atoms with Crippen LogP contribution >= 0.6 is 11.6 Å². The summed E-state index contributed by atoms with van der Waals surface area (Å²) < 4.78 is 18.0. The average Bonchev–Trinajstić information content (AvgIpc) is 2.24. The fourth-order valence-corrected chi connectivity index (χ4v) is 1.31. The molecule has 0 aliphatic rings. The Kier molecular flexibility index (Phi) is 3.91. The Morgan fingerprint density at radius 3 is 2.80 bits per heavy atom. The van der Waals surface area contributed by atoms with E-state index in [1.165, 1.54) is 19.2 Å². The third-order valence-corrected chi connectivity index (χ3v) is 2.20. The van der Waals surface area contributed by atoms with Gasteiger partial charge in [0.15, 0.2) is 5.75 Å². The molecule has 1 N–H and O–H groups in total. The molecule has 15 heavy (non-hydrogen) atoms. The first-order chi connectivity index (χ1) is 7.10. The molecule has 0 spiro atoms. The maximum Gasteiger partial charge on any atom is 0.224 e. The van der Waals surface area contributed by atoms with Gasteiger partial charge >= 0.3 is 0 Å². The standard InChI is InChI=1S/C10H11ClFNO2/c1-3-8(14)13-7-5-4-6(12)9(11)10(7)15-2/h4-5H,3H2,1-2H3,(H,13,14). The third-order valence-electron chi connectivity index (χ3n) is 1.85. The van der Waals surface area contributed by atoms with Crippen molar-refractivity contribution in [2.24, 2.45) is 0 Å². The van der Waals surface area contributed by atoms with Gasteiger partial charge in [0.2, 0.25) is 5.91 Å². The molecule has 1 rings (SSSR count). The van der Waals surface area contributed by atoms with E-state index < -0.39 is 5.82 Å². The second-order valence-electron chi connectivity index (χ2n) is 2.84. The van der Waals surface area contributed by atoms with E-state index in [1.807, 2.05) is 0 Å². The molecule has 0 fully saturated rings. The molecule has 0 atom stereocenters. The molecule has 82 valence electrons. The number of carbonyl (C=O) groups is 1. The van der Waals surface area contributed by atoms with Crippen molar-refractivity contribution >= 4 is 23.2 Å². The molecule has 0 aliphatic heterocycles. The molecular weight excluding hydrogens is 221 g/mol. The highest BCUT2D eigenvalue weighted by Crippen LogP contribution is 2.34. The van der Waals surface area contributed by atoms with Crippen LogP contribution in [0.1, 0.15) is 13.3 Å². The third kappa shape index (κ3) is 2.59. The number of amides is 1. The minimum absolute atomic E-state index is 0.133. The van der Waals surface area contributed by atoms with Crippen LogP contribution in [0.5, 0.6) is 5.75 Å². The lowest BCUT2D eigenvalue weighted by Crippen LogP contribution is -2.10. The van der Waals surface area contributed by atoms with Gasteiger partial charge in [0.1, 0.15) is 10.8 Å². The number of methoxy groups -OCH3 is 1. The lowest BCUT2D eigenvalue weighted by Gasteiger charge is -2.11. The van der Waals surface area contributed by atoms with Gasteiger partial charge in [-0.1, -0.05) is 18.5 Å². The Labute approximate surface area is 92.2 Å². The van der Waals surface area contributed by atoms with Gasteiger partial charge in [0.25, 0.3) is 0 Å². The summed E-state index contributed by atoms with van der Waals surface area (Å²) in [7, 11) is 1.36. The lowest BCUT2D eigenvalue weighted by atomic mass is 10.2. The maximum absolute atomic E-state index is 13.0. The first-order valence-corrected chi connectivity index (χ1v) is 4.79. The topological polar surface area (TPSA) is 38.3 Å². The molecule has 0 saturated heterocycles. The van der Waals surface area contributed by atoms with Crippen molar-refractivity contribution < 1.29 is 13.9 Å². The van der Waals surface area contributed by atoms with Gasteiger partial charge in [-0.2, -0.15) is 0 Å². The van der Waals surface area contributed by atoms with Crippen LogP contribution in [-0.4, -0.2) is 13.0 Å². The van der Waals surface area contributed by atoms with E-state index in [0.717, 1.165) is 0 Å². The van der Waals surface area contributed by atoms with E-state index in [2.05, 4.69) is 5.32 Å². The van der Waals surface area contributed by atoms with E-state index >= 15 is 0 Å². The summed E-state index contributed by atoms with van der Waals surface area (Å²) in [5.41, 5.74) is 0.371. The van der Waals surface area contributed by atoms with Crippen molar-refractivity contribution in [3.05, 3.63) is 23.0 Å². The van der Waals surface area contributed by atoms with Crippen LogP contribution in [0.4, 0.5) is 10.1 Å². The summed E-state index contributed by atoms with van der Waals surface area (Å²) in [6.07, 6.45) is 0.331. The van der Waals surface area contributed by atoms with Gasteiger partial charge in [0.05, 0.1) is 12.8 Å². The molecule has 0 radical (unpaired) electrons. The predicted octanol–water partition coefficient (Wildman–Crippen LogP) is 2.84. The van der Waals surface area contributed by atoms with Crippen LogP contribution in [0.15, 0.2) is 12.1 Å². The fraction of sp³-hybridized carbons (Fsp3) is 0.300. The highest BCUT2D eigenvalue weighted by atomic mass is 35.5. The quantitative estimate of drug-likeness (QED) is 0.869. The number of hydrogen-bond donors (Lipinski definition) is 1. The van der Waals surface area contributed by atoms with E-state index in [4.69, 9.17) is 16.3 Å². The highest BCUT2D eigenvalue weighted by molar-refractivity contribution is 6.32. The minimum Gasteiger partial charge on any atom is -0.493 e. The van der Waals surface area contributed by atoms with Gasteiger partial charge in [-0.25, -0.2) is 4.39 Å². The molecule has 0 aromatic heterocycles. The summed E-state index contributed by atoms with van der Waals surface area (Å²) in [6.45, 7) is 1.72. The number of hydrogen-bond acceptors (Lipinski definition) is 2. The number of halogens is 2. The SMILES string of the molecule is CCC(=O)Nc1ccc(F)c(Cl)c1OC. The molecule has 1 amide bonds. The van der Waals surface area contributed by atoms with Crippen LogP contribution in [-0.2, 0) is 4.79 Å². The van der Waals surface area contributed by atoms with Crippen molar-refractivity contribution in [2.45, 2.75) is 13.3 Å². The van der Waals surface area contributed by atoms with Crippen LogP contribution in [0.25, 0.3) is 0 Å². The highest BCUT2D eigenvalue weighted by Gasteiger charge is 2.13. The first-order valence-electron chi connectivity index (χ1n) is 4.42. The van der Waals surface area contributed by atoms with E-state index in [9.17, 15) is 9.18 Å². The molecule has 0 saturated carbocycles. The predicted molar refractivity (Wildman–Crippen MR) is 56.9 cm³/mol. The molecule has 5 heteroatoms. The zero-order valence-corrected chi connectivity index (χ0v) is 9.19. The van der Waals surface area contributed by atoms with Gasteiger partial charge in [-0.05, 0) is 12.1 Å². The Bertz CT molecular complexity index is 382. The Hall–Kier alpha value is -1.29. The normalized spacial score (nSPS) is 9.87. The smallest absolute Gasteiger partial charge is 0.224 e. The maximum atomic E-state index is 13.0. The van der Waals surface area contributed by atoms with Crippen LogP contribution in [0.2, 0.25) is 5.02 Å². The number of carbonyl (C=O) groups excluding carboxylic acids is 1. The molecule has 1 aromatic carbocycles. The second kappa shape index (κ2) is 4.98. The molecular formula is C10H11ClFNO2. The Morgan fingerprint density at radius 1 is 1.60 bits per heavy atom. The lowest BCUT2D eigenvalue weighted by molar-refractivity contribution is -0.115. The summed E-state index contributed by atoms with van der Waals surface area (Å²) in [5, 5.41) is 2.43. The first kappa shape index (κ1) is 11.8. The summed E-state index contributed by atoms with van der Waals surface area (Å²) in [5.74, 6) is -0.627. The number of benzene rings is 1. The molecule has 0 unspecified atom stereocenters. The van der Waals surface area contributed by atoms with E-state index in [-0.39, 0.29) is 16.7 Å². The number of anilines is 1. The van der Waals surface area contributed by atoms with Crippen molar-refractivity contribution in [3.8, 4) is 5.75 Å². The van der Waals surface area contributed by atoms with Crippen molar-refractivity contribution in [1.82, 2.24) is 0 Å². The summed E-state index contributed by atoms with van der Waals surface area (Å²) >= 11 is 5.67. The van der Waals surface area contributed by atoms with Gasteiger partial charge < -0.3 is 10.1 Å². The Balaban J connectivity index is 3.07. The monoisotopic (exact) mass is 231 g/mol. The summed E-state index contributed by atoms with van der Waals surface area (Å²) in [4.78, 5) is 11.1. The minimum atomic E-state index is -0.581. The number of rotatable bonds is 3. The zero-order chi connectivity index (χ0) is 11.4. The molecule has 1 aromatic rings. The van der Waals surface area contributed by atoms with Crippen LogP contribution in [0, 0.1) is 5.82 Å². The average molecular weight is 232 g/mol. The van der Waals surface area contributed by atoms with Crippen LogP contribution in [0.3, 0.4) is 0 Å². The second-order valence-corrected chi connectivity index (χ2v) is 3.22. The largest absolute Gasteiger partial charge is 0.493 e. The van der Waals surface area contributed by atoms with Crippen molar-refractivity contribution in [3.63, 3.8) is 0 Å². The van der Waals surface area contributed by atoms with Gasteiger partial charge in [0, 0.05) is 6.42 Å². The fourth-order valence-electron chi connectivity index (χ4n) is 1.07. The van der Waals surface area contributed by atoms with Crippen molar-refractivity contribution in [2.75, 3.05) is 12.4 Å². The molecule has 3 nitrogen and oxygen atoms in total. The number of nitrogens with one attached hydrogen (secondary N) is 1.